The van der Waals surface area contributed by atoms with Crippen molar-refractivity contribution < 1.29 is 13.5 Å². The van der Waals surface area contributed by atoms with E-state index in [-0.39, 0.29) is 5.56 Å². The molecule has 1 heterocycles. The van der Waals surface area contributed by atoms with Crippen molar-refractivity contribution in [1.29, 1.82) is 0 Å². The number of alkyl halides is 2. The molecule has 1 aromatic heterocycles. The molecule has 0 aliphatic carbocycles. The van der Waals surface area contributed by atoms with Crippen molar-refractivity contribution in [2.45, 2.75) is 13.3 Å². The molecule has 6 heteroatoms. The summed E-state index contributed by atoms with van der Waals surface area (Å²) in [4.78, 5) is 8.91. The van der Waals surface area contributed by atoms with Crippen molar-refractivity contribution in [2.24, 2.45) is 0 Å². The van der Waals surface area contributed by atoms with Gasteiger partial charge in [0.15, 0.2) is 0 Å². The van der Waals surface area contributed by atoms with Crippen LogP contribution in [-0.2, 0) is 0 Å². The average molecular weight is 379 g/mol. The van der Waals surface area contributed by atoms with Gasteiger partial charge in [0, 0.05) is 21.0 Å². The van der Waals surface area contributed by atoms with E-state index in [1.54, 1.807) is 13.0 Å². The summed E-state index contributed by atoms with van der Waals surface area (Å²) in [5.41, 5.74) is 2.03. The molecule has 0 amide bonds. The Morgan fingerprint density at radius 1 is 1.09 bits per heavy atom. The highest BCUT2D eigenvalue weighted by atomic mass is 79.9. The van der Waals surface area contributed by atoms with Gasteiger partial charge in [-0.25, -0.2) is 18.7 Å². The predicted octanol–water partition coefficient (Wildman–Crippen LogP) is 5.31. The molecule has 0 unspecified atom stereocenters. The molecule has 3 rings (SSSR count). The molecular formula is C17H13BrF2N2O. The lowest BCUT2D eigenvalue weighted by Gasteiger charge is -2.13. The van der Waals surface area contributed by atoms with Crippen LogP contribution in [0.3, 0.4) is 0 Å². The Morgan fingerprint density at radius 2 is 1.87 bits per heavy atom. The van der Waals surface area contributed by atoms with Crippen LogP contribution in [0.4, 0.5) is 8.78 Å². The maximum absolute atomic E-state index is 12.9. The molecule has 0 saturated carbocycles. The second-order valence-corrected chi connectivity index (χ2v) is 5.96. The number of ether oxygens (including phenoxy) is 1. The molecule has 0 aliphatic rings. The zero-order valence-corrected chi connectivity index (χ0v) is 14.1. The van der Waals surface area contributed by atoms with E-state index in [1.807, 2.05) is 18.2 Å². The molecule has 2 aromatic carbocycles. The second kappa shape index (κ2) is 6.20. The molecule has 0 spiro atoms. The number of hydrogen-bond donors (Lipinski definition) is 0. The molecule has 0 bridgehead atoms. The van der Waals surface area contributed by atoms with Crippen LogP contribution in [0.5, 0.6) is 5.75 Å². The molecule has 118 valence electrons. The van der Waals surface area contributed by atoms with Gasteiger partial charge in [-0.3, -0.25) is 0 Å². The third-order valence-electron chi connectivity index (χ3n) is 3.50. The van der Waals surface area contributed by atoms with Crippen LogP contribution in [0.2, 0.25) is 0 Å². The van der Waals surface area contributed by atoms with Gasteiger partial charge < -0.3 is 4.74 Å². The average Bonchev–Trinajstić information content (AvgIpc) is 2.52. The van der Waals surface area contributed by atoms with Crippen LogP contribution >= 0.6 is 15.9 Å². The van der Waals surface area contributed by atoms with Gasteiger partial charge in [-0.2, -0.15) is 0 Å². The molecule has 0 saturated heterocycles. The molecule has 23 heavy (non-hydrogen) atoms. The van der Waals surface area contributed by atoms with Gasteiger partial charge in [-0.1, -0.05) is 22.0 Å². The Balaban J connectivity index is 2.28. The van der Waals surface area contributed by atoms with E-state index in [4.69, 9.17) is 4.74 Å². The Labute approximate surface area is 140 Å². The summed E-state index contributed by atoms with van der Waals surface area (Å²) in [6, 6.07) is 10.0. The third kappa shape index (κ3) is 3.03. The van der Waals surface area contributed by atoms with E-state index in [1.165, 1.54) is 19.2 Å². The van der Waals surface area contributed by atoms with Crippen LogP contribution in [0, 0.1) is 6.92 Å². The largest absolute Gasteiger partial charge is 0.496 e. The Hall–Kier alpha value is -2.08. The number of aromatic nitrogens is 2. The first-order chi connectivity index (χ1) is 11.0. The van der Waals surface area contributed by atoms with Crippen LogP contribution in [-0.4, -0.2) is 17.1 Å². The normalized spacial score (nSPS) is 11.2. The fourth-order valence-corrected chi connectivity index (χ4v) is 2.81. The van der Waals surface area contributed by atoms with Crippen LogP contribution in [0.1, 0.15) is 17.8 Å². The Bertz CT molecular complexity index is 879. The van der Waals surface area contributed by atoms with Crippen molar-refractivity contribution in [3.8, 4) is 17.0 Å². The summed E-state index contributed by atoms with van der Waals surface area (Å²) in [7, 11) is 1.46. The summed E-state index contributed by atoms with van der Waals surface area (Å²) in [6.45, 7) is 1.80. The minimum absolute atomic E-state index is 0.0802. The lowest BCUT2D eigenvalue weighted by molar-refractivity contribution is 0.151. The van der Waals surface area contributed by atoms with Crippen molar-refractivity contribution in [2.75, 3.05) is 7.11 Å². The fraction of sp³-hybridized carbons (Fsp3) is 0.176. The standard InChI is InChI=1S/C17H13BrF2N2O/c1-9-21-14-8-11(18)4-6-12(14)16(22-9)13-5-3-10(17(19)20)7-15(13)23-2/h3-8,17H,1-2H3. The van der Waals surface area contributed by atoms with E-state index in [9.17, 15) is 8.78 Å². The highest BCUT2D eigenvalue weighted by Gasteiger charge is 2.16. The first-order valence-electron chi connectivity index (χ1n) is 6.90. The van der Waals surface area contributed by atoms with Crippen molar-refractivity contribution in [3.63, 3.8) is 0 Å². The van der Waals surface area contributed by atoms with Crippen LogP contribution < -0.4 is 4.74 Å². The highest BCUT2D eigenvalue weighted by molar-refractivity contribution is 9.10. The summed E-state index contributed by atoms with van der Waals surface area (Å²) in [5, 5.41) is 0.835. The van der Waals surface area contributed by atoms with E-state index < -0.39 is 6.43 Å². The summed E-state index contributed by atoms with van der Waals surface area (Å²) < 4.78 is 32.0. The number of methoxy groups -OCH3 is 1. The van der Waals surface area contributed by atoms with Gasteiger partial charge in [0.05, 0.1) is 18.3 Å². The molecule has 0 radical (unpaired) electrons. The molecule has 0 aliphatic heterocycles. The second-order valence-electron chi connectivity index (χ2n) is 5.04. The molecular weight excluding hydrogens is 366 g/mol. The quantitative estimate of drug-likeness (QED) is 0.618. The molecule has 3 aromatic rings. The monoisotopic (exact) mass is 378 g/mol. The summed E-state index contributed by atoms with van der Waals surface area (Å²) in [6.07, 6.45) is -2.54. The summed E-state index contributed by atoms with van der Waals surface area (Å²) in [5.74, 6) is 0.968. The molecule has 0 N–H and O–H groups in total. The first-order valence-corrected chi connectivity index (χ1v) is 7.69. The number of benzene rings is 2. The van der Waals surface area contributed by atoms with Gasteiger partial charge in [0.1, 0.15) is 11.6 Å². The van der Waals surface area contributed by atoms with E-state index >= 15 is 0 Å². The highest BCUT2D eigenvalue weighted by Crippen LogP contribution is 2.36. The van der Waals surface area contributed by atoms with Crippen LogP contribution in [0.15, 0.2) is 40.9 Å². The minimum atomic E-state index is -2.54. The molecule has 3 nitrogen and oxygen atoms in total. The fourth-order valence-electron chi connectivity index (χ4n) is 2.46. The smallest absolute Gasteiger partial charge is 0.263 e. The number of halogens is 3. The Morgan fingerprint density at radius 3 is 2.57 bits per heavy atom. The van der Waals surface area contributed by atoms with Crippen molar-refractivity contribution in [1.82, 2.24) is 9.97 Å². The van der Waals surface area contributed by atoms with Crippen molar-refractivity contribution >= 4 is 26.8 Å². The van der Waals surface area contributed by atoms with E-state index in [0.29, 0.717) is 22.8 Å². The van der Waals surface area contributed by atoms with Gasteiger partial charge in [-0.05, 0) is 37.3 Å². The SMILES string of the molecule is COc1cc(C(F)F)ccc1-c1nc(C)nc2cc(Br)ccc12. The maximum atomic E-state index is 12.9. The number of aryl methyl sites for hydroxylation is 1. The van der Waals surface area contributed by atoms with E-state index in [0.717, 1.165) is 15.4 Å². The topological polar surface area (TPSA) is 35.0 Å². The number of hydrogen-bond acceptors (Lipinski definition) is 3. The third-order valence-corrected chi connectivity index (χ3v) is 4.00. The van der Waals surface area contributed by atoms with Gasteiger partial charge in [0.25, 0.3) is 6.43 Å². The molecule has 0 fully saturated rings. The lowest BCUT2D eigenvalue weighted by atomic mass is 10.0. The first kappa shape index (κ1) is 15.8. The number of fused-ring (bicyclic) bond motifs is 1. The molecule has 0 atom stereocenters. The number of nitrogens with zero attached hydrogens (tertiary/aromatic N) is 2. The van der Waals surface area contributed by atoms with Gasteiger partial charge in [-0.15, -0.1) is 0 Å². The summed E-state index contributed by atoms with van der Waals surface area (Å²) >= 11 is 3.42. The van der Waals surface area contributed by atoms with Crippen molar-refractivity contribution in [3.05, 3.63) is 52.3 Å². The van der Waals surface area contributed by atoms with Crippen LogP contribution in [0.25, 0.3) is 22.2 Å². The van der Waals surface area contributed by atoms with E-state index in [2.05, 4.69) is 25.9 Å². The van der Waals surface area contributed by atoms with Gasteiger partial charge in [0.2, 0.25) is 0 Å². The zero-order chi connectivity index (χ0) is 16.6. The number of rotatable bonds is 3. The maximum Gasteiger partial charge on any atom is 0.263 e. The predicted molar refractivity (Wildman–Crippen MR) is 88.9 cm³/mol. The minimum Gasteiger partial charge on any atom is -0.496 e. The zero-order valence-electron chi connectivity index (χ0n) is 12.5. The lowest BCUT2D eigenvalue weighted by Crippen LogP contribution is -1.97. The Kier molecular flexibility index (Phi) is 4.26. The van der Waals surface area contributed by atoms with Gasteiger partial charge >= 0.3 is 0 Å².